The maximum Gasteiger partial charge on any atom is 0.416 e. The number of hydrogen-bond donors (Lipinski definition) is 4. The van der Waals surface area contributed by atoms with E-state index in [4.69, 9.17) is 0 Å². The number of rotatable bonds is 8. The van der Waals surface area contributed by atoms with E-state index in [0.29, 0.717) is 36.3 Å². The number of carbonyl (C=O) groups excluding carboxylic acids is 1. The van der Waals surface area contributed by atoms with Gasteiger partial charge in [0.15, 0.2) is 4.34 Å². The normalized spacial score (nSPS) is 25.2. The number of halogens is 3. The van der Waals surface area contributed by atoms with E-state index in [1.807, 2.05) is 0 Å². The van der Waals surface area contributed by atoms with Crippen molar-refractivity contribution in [3.8, 4) is 0 Å². The van der Waals surface area contributed by atoms with Crippen molar-refractivity contribution in [2.45, 2.75) is 60.1 Å². The predicted molar refractivity (Wildman–Crippen MR) is 129 cm³/mol. The fourth-order valence-corrected chi connectivity index (χ4v) is 6.41. The lowest BCUT2D eigenvalue weighted by Gasteiger charge is -2.48. The lowest BCUT2D eigenvalue weighted by Crippen LogP contribution is -2.64. The van der Waals surface area contributed by atoms with Gasteiger partial charge in [-0.2, -0.15) is 13.2 Å². The predicted octanol–water partition coefficient (Wildman–Crippen LogP) is 2.05. The second-order valence-corrected chi connectivity index (χ2v) is 11.9. The van der Waals surface area contributed by atoms with E-state index in [2.05, 4.69) is 20.5 Å². The van der Waals surface area contributed by atoms with Gasteiger partial charge in [0, 0.05) is 43.2 Å². The number of aliphatic hydroxyl groups is 2. The molecule has 1 saturated carbocycles. The van der Waals surface area contributed by atoms with E-state index >= 15 is 0 Å². The van der Waals surface area contributed by atoms with E-state index in [-0.39, 0.29) is 18.2 Å². The first-order chi connectivity index (χ1) is 16.9. The number of alkyl halides is 3. The average Bonchev–Trinajstić information content (AvgIpc) is 3.32. The molecule has 4 N–H and O–H groups in total. The third-order valence-electron chi connectivity index (χ3n) is 6.73. The van der Waals surface area contributed by atoms with Crippen molar-refractivity contribution < 1.29 is 32.4 Å². The Morgan fingerprint density at radius 3 is 2.64 bits per heavy atom. The molecule has 8 nitrogen and oxygen atoms in total. The van der Waals surface area contributed by atoms with Crippen LogP contribution in [0.4, 0.5) is 13.2 Å². The minimum absolute atomic E-state index is 0.0230. The van der Waals surface area contributed by atoms with Crippen LogP contribution in [0.25, 0.3) is 0 Å². The van der Waals surface area contributed by atoms with Crippen molar-refractivity contribution in [1.29, 1.82) is 0 Å². The number of benzene rings is 1. The molecule has 2 unspecified atom stereocenters. The summed E-state index contributed by atoms with van der Waals surface area (Å²) in [4.78, 5) is 19.4. The minimum Gasteiger partial charge on any atom is -0.384 e. The molecule has 1 aromatic heterocycles. The van der Waals surface area contributed by atoms with Crippen LogP contribution >= 0.6 is 11.3 Å². The molecule has 1 saturated heterocycles. The molecular formula is C23H29F3N4O4S2. The molecule has 2 atom stereocenters. The molecule has 1 amide bonds. The van der Waals surface area contributed by atoms with Gasteiger partial charge in [-0.05, 0) is 43.9 Å². The molecule has 0 radical (unpaired) electrons. The van der Waals surface area contributed by atoms with Crippen LogP contribution in [-0.2, 0) is 22.6 Å². The molecule has 0 bridgehead atoms. The number of aromatic nitrogens is 1. The molecule has 36 heavy (non-hydrogen) atoms. The highest BCUT2D eigenvalue weighted by atomic mass is 32.2. The minimum atomic E-state index is -4.54. The van der Waals surface area contributed by atoms with Crippen molar-refractivity contribution in [1.82, 2.24) is 20.5 Å². The Labute approximate surface area is 213 Å². The van der Waals surface area contributed by atoms with Crippen LogP contribution in [-0.4, -0.2) is 74.4 Å². The average molecular weight is 547 g/mol. The molecule has 2 aliphatic rings. The standard InChI is InChI=1S/C23H29F3N4O4S2/c1-36(34)21-28-10-18(35-21)22(33)7-5-17(6-8-22)30-12-16(13-30)29-19(31)11-27-20(32)14-3-2-4-15(9-14)23(24,25)26/h2-4,9-10,16-17,19,29,31,33H,5-8,11-13H2,1H3,(H,27,32). The first-order valence-electron chi connectivity index (χ1n) is 11.6. The Hall–Kier alpha value is -1.90. The molecule has 1 aliphatic heterocycles. The van der Waals surface area contributed by atoms with Gasteiger partial charge in [0.2, 0.25) is 0 Å². The highest BCUT2D eigenvalue weighted by molar-refractivity contribution is 7.86. The van der Waals surface area contributed by atoms with Crippen LogP contribution in [0.2, 0.25) is 0 Å². The SMILES string of the molecule is CS(=O)c1ncc(C2(O)CCC(N3CC(NC(O)CNC(=O)c4cccc(C(F)(F)F)c4)C3)CC2)s1. The summed E-state index contributed by atoms with van der Waals surface area (Å²) in [6.07, 6.45) is 0.419. The Bertz CT molecular complexity index is 1100. The summed E-state index contributed by atoms with van der Waals surface area (Å²) in [6.45, 7) is 1.28. The molecule has 1 aliphatic carbocycles. The molecule has 2 aromatic rings. The Morgan fingerprint density at radius 1 is 1.33 bits per heavy atom. The summed E-state index contributed by atoms with van der Waals surface area (Å²) in [5.41, 5.74) is -1.97. The fourth-order valence-electron chi connectivity index (χ4n) is 4.67. The molecule has 1 aromatic carbocycles. The second-order valence-electron chi connectivity index (χ2n) is 9.33. The second kappa shape index (κ2) is 10.8. The Morgan fingerprint density at radius 2 is 2.03 bits per heavy atom. The zero-order chi connectivity index (χ0) is 26.1. The molecule has 2 heterocycles. The number of likely N-dealkylation sites (tertiary alicyclic amines) is 1. The zero-order valence-corrected chi connectivity index (χ0v) is 21.3. The van der Waals surface area contributed by atoms with Crippen LogP contribution in [0.3, 0.4) is 0 Å². The number of nitrogens with one attached hydrogen (secondary N) is 2. The molecular weight excluding hydrogens is 517 g/mol. The number of amides is 1. The van der Waals surface area contributed by atoms with Gasteiger partial charge in [-0.25, -0.2) is 4.98 Å². The summed E-state index contributed by atoms with van der Waals surface area (Å²) in [6, 6.07) is 4.47. The van der Waals surface area contributed by atoms with Gasteiger partial charge in [0.05, 0.1) is 27.8 Å². The smallest absolute Gasteiger partial charge is 0.384 e. The Kier molecular flexibility index (Phi) is 8.17. The molecule has 2 fully saturated rings. The lowest BCUT2D eigenvalue weighted by molar-refractivity contribution is -0.137. The summed E-state index contributed by atoms with van der Waals surface area (Å²) in [7, 11) is -1.17. The molecule has 4 rings (SSSR count). The van der Waals surface area contributed by atoms with Crippen LogP contribution in [0, 0.1) is 0 Å². The Balaban J connectivity index is 1.18. The number of nitrogens with zero attached hydrogens (tertiary/aromatic N) is 2. The van der Waals surface area contributed by atoms with E-state index in [9.17, 15) is 32.4 Å². The first-order valence-corrected chi connectivity index (χ1v) is 14.0. The maximum atomic E-state index is 12.8. The van der Waals surface area contributed by atoms with Crippen LogP contribution < -0.4 is 10.6 Å². The quantitative estimate of drug-likeness (QED) is 0.375. The maximum absolute atomic E-state index is 12.8. The monoisotopic (exact) mass is 546 g/mol. The fraction of sp³-hybridized carbons (Fsp3) is 0.565. The van der Waals surface area contributed by atoms with Crippen LogP contribution in [0.15, 0.2) is 34.8 Å². The number of carbonyl (C=O) groups is 1. The lowest BCUT2D eigenvalue weighted by atomic mass is 9.80. The molecule has 0 spiro atoms. The summed E-state index contributed by atoms with van der Waals surface area (Å²) < 4.78 is 50.6. The van der Waals surface area contributed by atoms with Crippen LogP contribution in [0.1, 0.15) is 46.5 Å². The first kappa shape index (κ1) is 27.1. The van der Waals surface area contributed by atoms with Gasteiger partial charge in [0.25, 0.3) is 5.91 Å². The van der Waals surface area contributed by atoms with Crippen LogP contribution in [0.5, 0.6) is 0 Å². The van der Waals surface area contributed by atoms with Gasteiger partial charge < -0.3 is 15.5 Å². The van der Waals surface area contributed by atoms with Crippen molar-refractivity contribution in [2.75, 3.05) is 25.9 Å². The molecule has 13 heteroatoms. The van der Waals surface area contributed by atoms with Gasteiger partial charge in [0.1, 0.15) is 11.8 Å². The number of thiazole rings is 1. The molecule has 198 valence electrons. The largest absolute Gasteiger partial charge is 0.416 e. The van der Waals surface area contributed by atoms with Gasteiger partial charge >= 0.3 is 6.18 Å². The van der Waals surface area contributed by atoms with Crippen molar-refractivity contribution in [2.24, 2.45) is 0 Å². The van der Waals surface area contributed by atoms with Crippen molar-refractivity contribution in [3.05, 3.63) is 46.5 Å². The van der Waals surface area contributed by atoms with E-state index in [0.717, 1.165) is 29.9 Å². The van der Waals surface area contributed by atoms with E-state index in [1.54, 1.807) is 12.5 Å². The summed E-state index contributed by atoms with van der Waals surface area (Å²) in [5, 5.41) is 26.7. The number of aliphatic hydroxyl groups excluding tert-OH is 1. The highest BCUT2D eigenvalue weighted by Gasteiger charge is 2.41. The third kappa shape index (κ3) is 6.32. The summed E-state index contributed by atoms with van der Waals surface area (Å²) >= 11 is 1.30. The van der Waals surface area contributed by atoms with E-state index < -0.39 is 40.3 Å². The third-order valence-corrected chi connectivity index (χ3v) is 9.27. The van der Waals surface area contributed by atoms with Gasteiger partial charge in [-0.3, -0.25) is 19.2 Å². The zero-order valence-electron chi connectivity index (χ0n) is 19.6. The van der Waals surface area contributed by atoms with Crippen molar-refractivity contribution in [3.63, 3.8) is 0 Å². The van der Waals surface area contributed by atoms with Crippen molar-refractivity contribution >= 4 is 28.0 Å². The van der Waals surface area contributed by atoms with Gasteiger partial charge in [-0.15, -0.1) is 11.3 Å². The highest BCUT2D eigenvalue weighted by Crippen LogP contribution is 2.41. The summed E-state index contributed by atoms with van der Waals surface area (Å²) in [5.74, 6) is -0.690. The topological polar surface area (TPSA) is 115 Å². The van der Waals surface area contributed by atoms with Gasteiger partial charge in [-0.1, -0.05) is 6.07 Å². The van der Waals surface area contributed by atoms with E-state index in [1.165, 1.54) is 23.5 Å². The number of hydrogen-bond acceptors (Lipinski definition) is 8.